The van der Waals surface area contributed by atoms with Crippen LogP contribution in [0.1, 0.15) is 21.6 Å². The molecule has 1 aromatic carbocycles. The van der Waals surface area contributed by atoms with E-state index in [4.69, 9.17) is 0 Å². The molecule has 0 fully saturated rings. The molecule has 1 aromatic heterocycles. The molecule has 0 amide bonds. The van der Waals surface area contributed by atoms with E-state index in [1.807, 2.05) is 0 Å². The summed E-state index contributed by atoms with van der Waals surface area (Å²) in [4.78, 5) is 14.1. The summed E-state index contributed by atoms with van der Waals surface area (Å²) in [5, 5.41) is 3.76. The number of nitrogens with zero attached hydrogens (tertiary/aromatic N) is 2. The third-order valence-electron chi connectivity index (χ3n) is 2.62. The third-order valence-corrected chi connectivity index (χ3v) is 2.62. The molecule has 0 bridgehead atoms. The van der Waals surface area contributed by atoms with Crippen LogP contribution >= 0.6 is 0 Å². The van der Waals surface area contributed by atoms with Gasteiger partial charge in [0.25, 0.3) is 0 Å². The summed E-state index contributed by atoms with van der Waals surface area (Å²) in [6.07, 6.45) is -3.05. The van der Waals surface area contributed by atoms with Gasteiger partial charge in [-0.25, -0.2) is 14.4 Å². The first kappa shape index (κ1) is 14.0. The summed E-state index contributed by atoms with van der Waals surface area (Å²) in [6, 6.07) is 4.17. The molecule has 2 rings (SSSR count). The monoisotopic (exact) mass is 288 g/mol. The summed E-state index contributed by atoms with van der Waals surface area (Å²) in [7, 11) is 0. The molecular formula is C12H8F4N2O2. The Morgan fingerprint density at radius 1 is 1.25 bits per heavy atom. The number of aromatic nitrogens is 2. The first-order valence-electron chi connectivity index (χ1n) is 5.39. The first-order valence-corrected chi connectivity index (χ1v) is 5.39. The number of hydrogen-bond donors (Lipinski definition) is 0. The Bertz CT molecular complexity index is 632. The van der Waals surface area contributed by atoms with Gasteiger partial charge in [-0.05, 0) is 31.2 Å². The van der Waals surface area contributed by atoms with Crippen molar-refractivity contribution in [2.75, 3.05) is 0 Å². The van der Waals surface area contributed by atoms with Crippen LogP contribution in [0.3, 0.4) is 0 Å². The fourth-order valence-electron chi connectivity index (χ4n) is 1.63. The molecule has 0 unspecified atom stereocenters. The van der Waals surface area contributed by atoms with Gasteiger partial charge in [0.1, 0.15) is 0 Å². The average Bonchev–Trinajstić information content (AvgIpc) is 2.79. The molecule has 0 atom stereocenters. The molecule has 0 saturated carbocycles. The molecule has 0 aliphatic rings. The SMILES string of the molecule is Cc1cn(-c2ccc(C(F)(F)F)cc2)nc1C(=O)OF. The maximum absolute atomic E-state index is 12.4. The molecule has 2 aromatic rings. The van der Waals surface area contributed by atoms with Gasteiger partial charge in [0.15, 0.2) is 5.69 Å². The van der Waals surface area contributed by atoms with E-state index in [9.17, 15) is 22.5 Å². The van der Waals surface area contributed by atoms with Crippen LogP contribution in [0.15, 0.2) is 30.5 Å². The molecule has 0 radical (unpaired) electrons. The lowest BCUT2D eigenvalue weighted by molar-refractivity contribution is -0.137. The Kier molecular flexibility index (Phi) is 3.47. The number of aryl methyl sites for hydroxylation is 1. The summed E-state index contributed by atoms with van der Waals surface area (Å²) in [5.41, 5.74) is -0.396. The molecular weight excluding hydrogens is 280 g/mol. The van der Waals surface area contributed by atoms with Gasteiger partial charge < -0.3 is 0 Å². The largest absolute Gasteiger partial charge is 0.416 e. The summed E-state index contributed by atoms with van der Waals surface area (Å²) < 4.78 is 50.2. The normalized spacial score (nSPS) is 11.4. The van der Waals surface area contributed by atoms with E-state index >= 15 is 0 Å². The second kappa shape index (κ2) is 4.95. The summed E-state index contributed by atoms with van der Waals surface area (Å²) in [5.74, 6) is -1.26. The summed E-state index contributed by atoms with van der Waals surface area (Å²) >= 11 is 0. The Morgan fingerprint density at radius 3 is 2.35 bits per heavy atom. The highest BCUT2D eigenvalue weighted by Crippen LogP contribution is 2.29. The lowest BCUT2D eigenvalue weighted by atomic mass is 10.2. The minimum Gasteiger partial charge on any atom is -0.247 e. The Hall–Kier alpha value is -2.38. The number of halogens is 4. The smallest absolute Gasteiger partial charge is 0.247 e. The number of alkyl halides is 3. The van der Waals surface area contributed by atoms with Crippen molar-refractivity contribution >= 4 is 5.97 Å². The second-order valence-corrected chi connectivity index (χ2v) is 4.01. The maximum Gasteiger partial charge on any atom is 0.416 e. The van der Waals surface area contributed by atoms with Crippen molar-refractivity contribution in [3.63, 3.8) is 0 Å². The van der Waals surface area contributed by atoms with E-state index < -0.39 is 17.7 Å². The fraction of sp³-hybridized carbons (Fsp3) is 0.167. The van der Waals surface area contributed by atoms with E-state index in [0.717, 1.165) is 12.1 Å². The zero-order valence-corrected chi connectivity index (χ0v) is 10.1. The van der Waals surface area contributed by atoms with Crippen molar-refractivity contribution in [2.45, 2.75) is 13.1 Å². The van der Waals surface area contributed by atoms with Gasteiger partial charge in [0, 0.05) is 16.3 Å². The predicted molar refractivity (Wildman–Crippen MR) is 59.8 cm³/mol. The number of benzene rings is 1. The van der Waals surface area contributed by atoms with E-state index in [-0.39, 0.29) is 5.69 Å². The average molecular weight is 288 g/mol. The molecule has 106 valence electrons. The molecule has 20 heavy (non-hydrogen) atoms. The van der Waals surface area contributed by atoms with Crippen LogP contribution in [-0.4, -0.2) is 15.7 Å². The van der Waals surface area contributed by atoms with Crippen molar-refractivity contribution in [2.24, 2.45) is 0 Å². The molecule has 0 spiro atoms. The van der Waals surface area contributed by atoms with Crippen molar-refractivity contribution in [1.82, 2.24) is 9.78 Å². The van der Waals surface area contributed by atoms with Crippen LogP contribution in [0, 0.1) is 6.92 Å². The van der Waals surface area contributed by atoms with Gasteiger partial charge in [-0.1, -0.05) is 0 Å². The number of hydrogen-bond acceptors (Lipinski definition) is 3. The highest BCUT2D eigenvalue weighted by Gasteiger charge is 2.30. The van der Waals surface area contributed by atoms with Gasteiger partial charge >= 0.3 is 12.1 Å². The Balaban J connectivity index is 2.35. The van der Waals surface area contributed by atoms with Crippen LogP contribution in [0.25, 0.3) is 5.69 Å². The number of carbonyl (C=O) groups is 1. The standard InChI is InChI=1S/C12H8F4N2O2/c1-7-6-18(17-10(7)11(19)20-16)9-4-2-8(3-5-9)12(13,14)15/h2-6H,1H3. The van der Waals surface area contributed by atoms with Crippen molar-refractivity contribution in [3.05, 3.63) is 47.3 Å². The highest BCUT2D eigenvalue weighted by atomic mass is 19.4. The van der Waals surface area contributed by atoms with Crippen LogP contribution < -0.4 is 0 Å². The minimum atomic E-state index is -4.43. The van der Waals surface area contributed by atoms with Gasteiger partial charge in [-0.15, -0.1) is 0 Å². The van der Waals surface area contributed by atoms with Crippen LogP contribution in [-0.2, 0) is 11.1 Å². The van der Waals surface area contributed by atoms with Crippen LogP contribution in [0.2, 0.25) is 0 Å². The number of carbonyl (C=O) groups excluding carboxylic acids is 1. The van der Waals surface area contributed by atoms with Crippen LogP contribution in [0.4, 0.5) is 17.7 Å². The second-order valence-electron chi connectivity index (χ2n) is 4.01. The molecule has 4 nitrogen and oxygen atoms in total. The zero-order chi connectivity index (χ0) is 14.9. The summed E-state index contributed by atoms with van der Waals surface area (Å²) in [6.45, 7) is 1.50. The topological polar surface area (TPSA) is 44.1 Å². The highest BCUT2D eigenvalue weighted by molar-refractivity contribution is 5.88. The lowest BCUT2D eigenvalue weighted by Crippen LogP contribution is -2.06. The predicted octanol–water partition coefficient (Wildman–Crippen LogP) is 3.24. The van der Waals surface area contributed by atoms with Crippen LogP contribution in [0.5, 0.6) is 0 Å². The fourth-order valence-corrected chi connectivity index (χ4v) is 1.63. The minimum absolute atomic E-state index is 0.243. The van der Waals surface area contributed by atoms with Gasteiger partial charge in [-0.2, -0.15) is 18.3 Å². The third kappa shape index (κ3) is 2.63. The molecule has 0 N–H and O–H groups in total. The van der Waals surface area contributed by atoms with E-state index in [2.05, 4.69) is 10.0 Å². The molecule has 1 heterocycles. The first-order chi connectivity index (χ1) is 9.32. The van der Waals surface area contributed by atoms with Crippen molar-refractivity contribution < 1.29 is 27.4 Å². The quantitative estimate of drug-likeness (QED) is 0.797. The van der Waals surface area contributed by atoms with E-state index in [0.29, 0.717) is 11.3 Å². The maximum atomic E-state index is 12.4. The molecule has 0 aliphatic carbocycles. The van der Waals surface area contributed by atoms with E-state index in [1.165, 1.54) is 29.9 Å². The van der Waals surface area contributed by atoms with Gasteiger partial charge in [0.05, 0.1) is 11.3 Å². The van der Waals surface area contributed by atoms with Crippen molar-refractivity contribution in [1.29, 1.82) is 0 Å². The Morgan fingerprint density at radius 2 is 1.85 bits per heavy atom. The van der Waals surface area contributed by atoms with Crippen molar-refractivity contribution in [3.8, 4) is 5.69 Å². The number of rotatable bonds is 2. The lowest BCUT2D eigenvalue weighted by Gasteiger charge is -2.07. The molecule has 0 aliphatic heterocycles. The van der Waals surface area contributed by atoms with Gasteiger partial charge in [0.2, 0.25) is 0 Å². The zero-order valence-electron chi connectivity index (χ0n) is 10.1. The Labute approximate surface area is 110 Å². The molecule has 8 heteroatoms. The molecule has 0 saturated heterocycles. The van der Waals surface area contributed by atoms with E-state index in [1.54, 1.807) is 0 Å². The van der Waals surface area contributed by atoms with Gasteiger partial charge in [-0.3, -0.25) is 0 Å².